The molecule has 2 aromatic heterocycles. The maximum Gasteiger partial charge on any atom is 0.264 e. The maximum absolute atomic E-state index is 12.7. The highest BCUT2D eigenvalue weighted by atomic mass is 16.2. The number of H-pyrrole nitrogens is 1. The number of pyridine rings is 1. The molecule has 0 aliphatic heterocycles. The normalized spacial score (nSPS) is 11.8. The lowest BCUT2D eigenvalue weighted by Crippen LogP contribution is -2.34. The molecule has 0 unspecified atom stereocenters. The van der Waals surface area contributed by atoms with Crippen molar-refractivity contribution in [3.05, 3.63) is 82.0 Å². The van der Waals surface area contributed by atoms with Crippen molar-refractivity contribution >= 4 is 5.91 Å². The van der Waals surface area contributed by atoms with Crippen molar-refractivity contribution in [3.63, 3.8) is 0 Å². The number of hydrogen-bond donors (Lipinski definition) is 1. The zero-order valence-electron chi connectivity index (χ0n) is 14.9. The van der Waals surface area contributed by atoms with Gasteiger partial charge >= 0.3 is 0 Å². The third kappa shape index (κ3) is 3.54. The van der Waals surface area contributed by atoms with Crippen molar-refractivity contribution in [2.45, 2.75) is 19.9 Å². The van der Waals surface area contributed by atoms with Gasteiger partial charge in [0.2, 0.25) is 0 Å². The van der Waals surface area contributed by atoms with Gasteiger partial charge in [-0.1, -0.05) is 35.9 Å². The largest absolute Gasteiger partial charge is 0.333 e. The minimum atomic E-state index is -0.458. The molecule has 0 radical (unpaired) electrons. The predicted molar refractivity (Wildman–Crippen MR) is 99.8 cm³/mol. The molecule has 3 rings (SSSR count). The third-order valence-electron chi connectivity index (χ3n) is 4.37. The number of amides is 1. The van der Waals surface area contributed by atoms with E-state index in [0.717, 1.165) is 16.8 Å². The topological polar surface area (TPSA) is 79.0 Å². The molecule has 0 spiro atoms. The molecule has 132 valence electrons. The van der Waals surface area contributed by atoms with E-state index in [9.17, 15) is 9.59 Å². The van der Waals surface area contributed by atoms with Gasteiger partial charge in [-0.15, -0.1) is 0 Å². The summed E-state index contributed by atoms with van der Waals surface area (Å²) in [5.41, 5.74) is 2.21. The van der Waals surface area contributed by atoms with Gasteiger partial charge in [0.1, 0.15) is 11.4 Å². The highest BCUT2D eigenvalue weighted by Gasteiger charge is 2.22. The summed E-state index contributed by atoms with van der Waals surface area (Å²) in [4.78, 5) is 37.8. The summed E-state index contributed by atoms with van der Waals surface area (Å²) < 4.78 is 0. The van der Waals surface area contributed by atoms with Crippen molar-refractivity contribution in [1.82, 2.24) is 19.9 Å². The number of benzene rings is 1. The lowest BCUT2D eigenvalue weighted by atomic mass is 10.1. The van der Waals surface area contributed by atoms with Crippen molar-refractivity contribution in [1.29, 1.82) is 0 Å². The van der Waals surface area contributed by atoms with Crippen molar-refractivity contribution in [3.8, 4) is 11.4 Å². The zero-order valence-corrected chi connectivity index (χ0v) is 14.9. The first kappa shape index (κ1) is 17.5. The summed E-state index contributed by atoms with van der Waals surface area (Å²) in [5, 5.41) is 0. The van der Waals surface area contributed by atoms with E-state index in [2.05, 4.69) is 15.0 Å². The van der Waals surface area contributed by atoms with Crippen LogP contribution in [0.3, 0.4) is 0 Å². The average Bonchev–Trinajstić information content (AvgIpc) is 2.67. The van der Waals surface area contributed by atoms with Gasteiger partial charge in [-0.2, -0.15) is 0 Å². The molecule has 0 aliphatic rings. The molecule has 0 saturated carbocycles. The van der Waals surface area contributed by atoms with Gasteiger partial charge in [-0.05, 0) is 26.0 Å². The lowest BCUT2D eigenvalue weighted by Gasteiger charge is -2.24. The second-order valence-corrected chi connectivity index (χ2v) is 6.19. The van der Waals surface area contributed by atoms with Crippen LogP contribution in [-0.4, -0.2) is 32.8 Å². The molecule has 2 heterocycles. The molecule has 0 aliphatic carbocycles. The molecule has 3 aromatic rings. The summed E-state index contributed by atoms with van der Waals surface area (Å²) >= 11 is 0. The number of carbonyl (C=O) groups excluding carboxylic acids is 1. The van der Waals surface area contributed by atoms with Gasteiger partial charge in [0.15, 0.2) is 0 Å². The molecular weight excluding hydrogens is 328 g/mol. The summed E-state index contributed by atoms with van der Waals surface area (Å²) in [7, 11) is 1.65. The molecule has 6 nitrogen and oxygen atoms in total. The molecule has 26 heavy (non-hydrogen) atoms. The fourth-order valence-corrected chi connectivity index (χ4v) is 2.59. The molecule has 6 heteroatoms. The second kappa shape index (κ2) is 7.31. The Kier molecular flexibility index (Phi) is 4.93. The van der Waals surface area contributed by atoms with E-state index in [0.29, 0.717) is 5.82 Å². The number of rotatable bonds is 4. The van der Waals surface area contributed by atoms with Crippen LogP contribution in [0.1, 0.15) is 34.6 Å². The molecule has 0 fully saturated rings. The zero-order chi connectivity index (χ0) is 18.7. The summed E-state index contributed by atoms with van der Waals surface area (Å²) in [6.07, 6.45) is 3.01. The van der Waals surface area contributed by atoms with Crippen LogP contribution in [-0.2, 0) is 0 Å². The van der Waals surface area contributed by atoms with Crippen LogP contribution in [0.5, 0.6) is 0 Å². The molecule has 1 aromatic carbocycles. The van der Waals surface area contributed by atoms with Crippen LogP contribution in [0, 0.1) is 6.92 Å². The van der Waals surface area contributed by atoms with E-state index in [-0.39, 0.29) is 11.6 Å². The number of nitrogens with zero attached hydrogens (tertiary/aromatic N) is 3. The highest BCUT2D eigenvalue weighted by molar-refractivity contribution is 5.93. The Hall–Kier alpha value is -3.28. The summed E-state index contributed by atoms with van der Waals surface area (Å²) in [6.45, 7) is 3.85. The number of aryl methyl sites for hydroxylation is 1. The van der Waals surface area contributed by atoms with E-state index in [4.69, 9.17) is 0 Å². The van der Waals surface area contributed by atoms with E-state index in [1.165, 1.54) is 11.1 Å². The molecule has 1 N–H and O–H groups in total. The number of nitrogens with one attached hydrogen (secondary N) is 1. The molecule has 0 bridgehead atoms. The van der Waals surface area contributed by atoms with E-state index in [1.807, 2.05) is 56.3 Å². The predicted octanol–water partition coefficient (Wildman–Crippen LogP) is 2.97. The van der Waals surface area contributed by atoms with Crippen LogP contribution in [0.15, 0.2) is 59.7 Å². The van der Waals surface area contributed by atoms with Crippen LogP contribution in [0.2, 0.25) is 0 Å². The van der Waals surface area contributed by atoms with E-state index < -0.39 is 11.5 Å². The smallest absolute Gasteiger partial charge is 0.264 e. The average molecular weight is 348 g/mol. The highest BCUT2D eigenvalue weighted by Crippen LogP contribution is 2.18. The fourth-order valence-electron chi connectivity index (χ4n) is 2.59. The maximum atomic E-state index is 12.7. The molecular formula is C20H20N4O2. The first-order chi connectivity index (χ1) is 12.5. The van der Waals surface area contributed by atoms with Gasteiger partial charge in [0.25, 0.3) is 11.5 Å². The summed E-state index contributed by atoms with van der Waals surface area (Å²) in [6, 6.07) is 12.9. The quantitative estimate of drug-likeness (QED) is 0.786. The van der Waals surface area contributed by atoms with Gasteiger partial charge in [-0.3, -0.25) is 14.6 Å². The Morgan fingerprint density at radius 1 is 1.12 bits per heavy atom. The minimum absolute atomic E-state index is 0.00569. The Labute approximate surface area is 151 Å². The van der Waals surface area contributed by atoms with Crippen molar-refractivity contribution < 1.29 is 4.79 Å². The number of aromatic amines is 1. The monoisotopic (exact) mass is 348 g/mol. The van der Waals surface area contributed by atoms with E-state index in [1.54, 1.807) is 13.2 Å². The molecule has 0 saturated heterocycles. The Morgan fingerprint density at radius 3 is 2.46 bits per heavy atom. The minimum Gasteiger partial charge on any atom is -0.333 e. The lowest BCUT2D eigenvalue weighted by molar-refractivity contribution is 0.0737. The Balaban J connectivity index is 1.86. The standard InChI is InChI=1S/C20H20N4O2/c1-13-7-9-15(10-8-13)18-22-12-16(19(25)23-18)20(26)24(3)14(2)17-6-4-5-11-21-17/h4-12,14H,1-3H3,(H,22,23,25)/t14-/m1/s1. The summed E-state index contributed by atoms with van der Waals surface area (Å²) in [5.74, 6) is 0.0411. The van der Waals surface area contributed by atoms with Gasteiger partial charge < -0.3 is 9.88 Å². The van der Waals surface area contributed by atoms with Crippen LogP contribution >= 0.6 is 0 Å². The first-order valence-electron chi connectivity index (χ1n) is 8.32. The Bertz CT molecular complexity index is 965. The van der Waals surface area contributed by atoms with Gasteiger partial charge in [0.05, 0.1) is 11.7 Å². The van der Waals surface area contributed by atoms with E-state index >= 15 is 0 Å². The second-order valence-electron chi connectivity index (χ2n) is 6.19. The Morgan fingerprint density at radius 2 is 1.85 bits per heavy atom. The van der Waals surface area contributed by atoms with Gasteiger partial charge in [0, 0.05) is 25.0 Å². The van der Waals surface area contributed by atoms with Crippen LogP contribution in [0.25, 0.3) is 11.4 Å². The third-order valence-corrected chi connectivity index (χ3v) is 4.37. The SMILES string of the molecule is Cc1ccc(-c2ncc(C(=O)N(C)[C@H](C)c3ccccn3)c(=O)[nH]2)cc1. The van der Waals surface area contributed by atoms with Crippen LogP contribution < -0.4 is 5.56 Å². The van der Waals surface area contributed by atoms with Gasteiger partial charge in [-0.25, -0.2) is 4.98 Å². The first-order valence-corrected chi connectivity index (χ1v) is 8.32. The molecule has 1 atom stereocenters. The number of aromatic nitrogens is 3. The fraction of sp³-hybridized carbons (Fsp3) is 0.200. The number of hydrogen-bond acceptors (Lipinski definition) is 4. The molecule has 1 amide bonds. The number of carbonyl (C=O) groups is 1. The van der Waals surface area contributed by atoms with Crippen molar-refractivity contribution in [2.24, 2.45) is 0 Å². The van der Waals surface area contributed by atoms with Crippen LogP contribution in [0.4, 0.5) is 0 Å². The van der Waals surface area contributed by atoms with Crippen molar-refractivity contribution in [2.75, 3.05) is 7.05 Å².